The molecule has 1 aliphatic heterocycles. The van der Waals surface area contributed by atoms with Crippen molar-refractivity contribution in [3.8, 4) is 23.0 Å². The third kappa shape index (κ3) is 3.35. The molecule has 5 rings (SSSR count). The largest absolute Gasteiger partial charge is 0.493 e. The Morgan fingerprint density at radius 2 is 1.56 bits per heavy atom. The Kier molecular flexibility index (Phi) is 5.39. The van der Waals surface area contributed by atoms with E-state index in [9.17, 15) is 0 Å². The van der Waals surface area contributed by atoms with Crippen LogP contribution in [-0.4, -0.2) is 45.5 Å². The van der Waals surface area contributed by atoms with Gasteiger partial charge in [-0.15, -0.1) is 0 Å². The van der Waals surface area contributed by atoms with Gasteiger partial charge in [0.1, 0.15) is 0 Å². The Morgan fingerprint density at radius 3 is 2.28 bits per heavy atom. The van der Waals surface area contributed by atoms with Crippen LogP contribution < -0.4 is 23.5 Å². The summed E-state index contributed by atoms with van der Waals surface area (Å²) in [6.07, 6.45) is 2.23. The second kappa shape index (κ2) is 8.36. The van der Waals surface area contributed by atoms with Crippen molar-refractivity contribution in [2.24, 2.45) is 0 Å². The fraction of sp³-hybridized carbons (Fsp3) is 0.346. The molecule has 32 heavy (non-hydrogen) atoms. The summed E-state index contributed by atoms with van der Waals surface area (Å²) in [7, 11) is 3.35. The molecule has 4 aromatic rings. The van der Waals surface area contributed by atoms with E-state index in [-0.39, 0.29) is 6.79 Å². The Morgan fingerprint density at radius 1 is 0.844 bits per heavy atom. The fourth-order valence-electron chi connectivity index (χ4n) is 4.66. The third-order valence-electron chi connectivity index (χ3n) is 6.46. The van der Waals surface area contributed by atoms with Gasteiger partial charge in [-0.1, -0.05) is 19.9 Å². The van der Waals surface area contributed by atoms with Crippen LogP contribution in [0.3, 0.4) is 0 Å². The van der Waals surface area contributed by atoms with Crippen molar-refractivity contribution >= 4 is 32.4 Å². The van der Waals surface area contributed by atoms with Crippen molar-refractivity contribution < 1.29 is 23.5 Å². The van der Waals surface area contributed by atoms with E-state index >= 15 is 0 Å². The van der Waals surface area contributed by atoms with E-state index < -0.39 is 0 Å². The van der Waals surface area contributed by atoms with Gasteiger partial charge >= 0.3 is 0 Å². The molecule has 1 aliphatic rings. The lowest BCUT2D eigenvalue weighted by atomic mass is 10.00. The van der Waals surface area contributed by atoms with Gasteiger partial charge in [0.05, 0.1) is 36.9 Å². The number of nitrogens with zero attached hydrogens (tertiary/aromatic N) is 2. The molecule has 2 heterocycles. The van der Waals surface area contributed by atoms with E-state index in [0.29, 0.717) is 0 Å². The standard InChI is InChI=1S/C26H29N2O4/c1-5-27(6-2)9-10-28-15-18-12-22(29-3)23(30-4)13-20(18)19-8-7-17-11-24-25(32-16-31-24)14-21(17)26(19)28/h7-8,11-15H,5-6,9-10,16H2,1-4H3/q+1. The van der Waals surface area contributed by atoms with Gasteiger partial charge in [0.15, 0.2) is 35.7 Å². The first-order valence-corrected chi connectivity index (χ1v) is 11.1. The third-order valence-corrected chi connectivity index (χ3v) is 6.46. The number of hydrogen-bond acceptors (Lipinski definition) is 5. The highest BCUT2D eigenvalue weighted by molar-refractivity contribution is 6.14. The highest BCUT2D eigenvalue weighted by Crippen LogP contribution is 2.40. The Bertz CT molecular complexity index is 1310. The summed E-state index contributed by atoms with van der Waals surface area (Å²) >= 11 is 0. The van der Waals surface area contributed by atoms with Crippen LogP contribution in [0.25, 0.3) is 32.4 Å². The van der Waals surface area contributed by atoms with Gasteiger partial charge in [-0.2, -0.15) is 4.57 Å². The first kappa shape index (κ1) is 20.6. The second-order valence-electron chi connectivity index (χ2n) is 8.03. The summed E-state index contributed by atoms with van der Waals surface area (Å²) in [5.41, 5.74) is 1.19. The maximum atomic E-state index is 5.71. The van der Waals surface area contributed by atoms with Gasteiger partial charge in [-0.25, -0.2) is 0 Å². The van der Waals surface area contributed by atoms with Crippen LogP contribution >= 0.6 is 0 Å². The van der Waals surface area contributed by atoms with E-state index in [4.69, 9.17) is 18.9 Å². The lowest BCUT2D eigenvalue weighted by Gasteiger charge is -2.17. The van der Waals surface area contributed by atoms with Crippen molar-refractivity contribution in [2.45, 2.75) is 20.4 Å². The molecule has 0 N–H and O–H groups in total. The summed E-state index contributed by atoms with van der Waals surface area (Å²) in [6.45, 7) is 8.62. The maximum absolute atomic E-state index is 5.71. The first-order valence-electron chi connectivity index (χ1n) is 11.1. The number of fused-ring (bicyclic) bond motifs is 6. The number of aromatic nitrogens is 1. The van der Waals surface area contributed by atoms with Gasteiger partial charge < -0.3 is 18.9 Å². The summed E-state index contributed by atoms with van der Waals surface area (Å²) < 4.78 is 24.9. The molecule has 0 atom stereocenters. The zero-order valence-electron chi connectivity index (χ0n) is 19.1. The molecule has 6 heteroatoms. The molecule has 0 bridgehead atoms. The molecule has 166 valence electrons. The van der Waals surface area contributed by atoms with Crippen molar-refractivity contribution in [3.63, 3.8) is 0 Å². The van der Waals surface area contributed by atoms with Crippen molar-refractivity contribution in [1.29, 1.82) is 0 Å². The van der Waals surface area contributed by atoms with Crippen LogP contribution in [0.4, 0.5) is 0 Å². The molecule has 0 fully saturated rings. The summed E-state index contributed by atoms with van der Waals surface area (Å²) in [5, 5.41) is 5.72. The zero-order chi connectivity index (χ0) is 22.2. The van der Waals surface area contributed by atoms with E-state index in [1.807, 2.05) is 0 Å². The number of benzene rings is 3. The van der Waals surface area contributed by atoms with Crippen LogP contribution in [-0.2, 0) is 6.54 Å². The Hall–Kier alpha value is -3.25. The maximum Gasteiger partial charge on any atom is 0.231 e. The average molecular weight is 434 g/mol. The van der Waals surface area contributed by atoms with Gasteiger partial charge in [-0.05, 0) is 48.8 Å². The average Bonchev–Trinajstić information content (AvgIpc) is 3.29. The first-order chi connectivity index (χ1) is 15.7. The topological polar surface area (TPSA) is 44.0 Å². The predicted molar refractivity (Wildman–Crippen MR) is 126 cm³/mol. The molecular weight excluding hydrogens is 404 g/mol. The molecule has 0 unspecified atom stereocenters. The number of ether oxygens (including phenoxy) is 4. The lowest BCUT2D eigenvalue weighted by Crippen LogP contribution is -2.41. The van der Waals surface area contributed by atoms with E-state index in [0.717, 1.165) is 70.7 Å². The highest BCUT2D eigenvalue weighted by atomic mass is 16.7. The van der Waals surface area contributed by atoms with Gasteiger partial charge in [0.25, 0.3) is 0 Å². The lowest BCUT2D eigenvalue weighted by molar-refractivity contribution is -0.669. The van der Waals surface area contributed by atoms with Crippen LogP contribution in [0.5, 0.6) is 23.0 Å². The minimum Gasteiger partial charge on any atom is -0.493 e. The monoisotopic (exact) mass is 433 g/mol. The molecule has 0 spiro atoms. The number of hydrogen-bond donors (Lipinski definition) is 0. The van der Waals surface area contributed by atoms with Crippen LogP contribution in [0.15, 0.2) is 42.6 Å². The SMILES string of the molecule is CCN(CC)CC[n+]1cc2cc(OC)c(OC)cc2c2ccc3cc4c(cc3c21)OCO4. The van der Waals surface area contributed by atoms with E-state index in [2.05, 4.69) is 65.9 Å². The molecule has 6 nitrogen and oxygen atoms in total. The zero-order valence-corrected chi connectivity index (χ0v) is 19.1. The normalized spacial score (nSPS) is 12.9. The number of methoxy groups -OCH3 is 2. The smallest absolute Gasteiger partial charge is 0.231 e. The van der Waals surface area contributed by atoms with Gasteiger partial charge in [0.2, 0.25) is 12.3 Å². The van der Waals surface area contributed by atoms with Crippen molar-refractivity contribution in [3.05, 3.63) is 42.6 Å². The van der Waals surface area contributed by atoms with E-state index in [1.165, 1.54) is 10.9 Å². The second-order valence-corrected chi connectivity index (χ2v) is 8.03. The van der Waals surface area contributed by atoms with Gasteiger partial charge in [0, 0.05) is 5.39 Å². The molecule has 0 saturated carbocycles. The molecule has 0 saturated heterocycles. The fourth-order valence-corrected chi connectivity index (χ4v) is 4.66. The van der Waals surface area contributed by atoms with Crippen LogP contribution in [0.1, 0.15) is 13.8 Å². The number of pyridine rings is 1. The quantitative estimate of drug-likeness (QED) is 0.317. The predicted octanol–water partition coefficient (Wildman–Crippen LogP) is 4.52. The number of rotatable bonds is 7. The minimum atomic E-state index is 0.269. The van der Waals surface area contributed by atoms with Crippen molar-refractivity contribution in [1.82, 2.24) is 4.90 Å². The highest BCUT2D eigenvalue weighted by Gasteiger charge is 2.22. The van der Waals surface area contributed by atoms with Crippen LogP contribution in [0, 0.1) is 0 Å². The Labute approximate surface area is 187 Å². The van der Waals surface area contributed by atoms with E-state index in [1.54, 1.807) is 14.2 Å². The minimum absolute atomic E-state index is 0.269. The number of likely N-dealkylation sites (N-methyl/N-ethyl adjacent to an activating group) is 1. The molecule has 0 amide bonds. The molecule has 3 aromatic carbocycles. The summed E-state index contributed by atoms with van der Waals surface area (Å²) in [5.74, 6) is 3.07. The van der Waals surface area contributed by atoms with Crippen LogP contribution in [0.2, 0.25) is 0 Å². The molecule has 0 radical (unpaired) electrons. The summed E-state index contributed by atoms with van der Waals surface area (Å²) in [6, 6.07) is 12.7. The summed E-state index contributed by atoms with van der Waals surface area (Å²) in [4.78, 5) is 2.44. The Balaban J connectivity index is 1.81. The van der Waals surface area contributed by atoms with Crippen molar-refractivity contribution in [2.75, 3.05) is 40.6 Å². The van der Waals surface area contributed by atoms with Gasteiger partial charge in [-0.3, -0.25) is 4.90 Å². The molecular formula is C26H29N2O4+. The molecule has 0 aliphatic carbocycles. The molecule has 1 aromatic heterocycles.